The lowest BCUT2D eigenvalue weighted by Crippen LogP contribution is -2.46. The van der Waals surface area contributed by atoms with Gasteiger partial charge >= 0.3 is 0 Å². The van der Waals surface area contributed by atoms with Crippen molar-refractivity contribution in [3.8, 4) is 17.2 Å². The van der Waals surface area contributed by atoms with E-state index in [9.17, 15) is 9.18 Å². The lowest BCUT2D eigenvalue weighted by molar-refractivity contribution is -0.130. The predicted octanol–water partition coefficient (Wildman–Crippen LogP) is 3.86. The predicted molar refractivity (Wildman–Crippen MR) is 119 cm³/mol. The van der Waals surface area contributed by atoms with Gasteiger partial charge in [0.15, 0.2) is 11.6 Å². The van der Waals surface area contributed by atoms with Crippen LogP contribution >= 0.6 is 0 Å². The normalized spacial score (nSPS) is 21.3. The molecule has 172 valence electrons. The number of hydrogen-bond acceptors (Lipinski definition) is 5. The van der Waals surface area contributed by atoms with Crippen LogP contribution in [-0.4, -0.2) is 55.7 Å². The molecule has 2 aromatic carbocycles. The van der Waals surface area contributed by atoms with E-state index in [4.69, 9.17) is 14.2 Å². The van der Waals surface area contributed by atoms with Crippen LogP contribution in [0.3, 0.4) is 0 Å². The van der Waals surface area contributed by atoms with Crippen LogP contribution in [0.15, 0.2) is 36.4 Å². The summed E-state index contributed by atoms with van der Waals surface area (Å²) in [5, 5.41) is 0. The summed E-state index contributed by atoms with van der Waals surface area (Å²) in [6.45, 7) is 4.86. The van der Waals surface area contributed by atoms with Crippen molar-refractivity contribution < 1.29 is 23.4 Å². The van der Waals surface area contributed by atoms with Crippen LogP contribution in [0, 0.1) is 11.7 Å². The van der Waals surface area contributed by atoms with Gasteiger partial charge in [-0.05, 0) is 43.7 Å². The number of rotatable bonds is 5. The van der Waals surface area contributed by atoms with Crippen molar-refractivity contribution in [2.75, 3.05) is 33.9 Å². The van der Waals surface area contributed by atoms with Gasteiger partial charge in [0.2, 0.25) is 5.91 Å². The number of benzene rings is 2. The first-order valence-electron chi connectivity index (χ1n) is 11.1. The highest BCUT2D eigenvalue weighted by Crippen LogP contribution is 2.33. The second-order valence-corrected chi connectivity index (χ2v) is 8.60. The van der Waals surface area contributed by atoms with Crippen LogP contribution in [0.1, 0.15) is 30.9 Å². The summed E-state index contributed by atoms with van der Waals surface area (Å²) in [6.07, 6.45) is 1.90. The molecule has 0 aliphatic carbocycles. The molecule has 1 saturated heterocycles. The van der Waals surface area contributed by atoms with E-state index < -0.39 is 0 Å². The van der Waals surface area contributed by atoms with Crippen molar-refractivity contribution in [1.29, 1.82) is 0 Å². The van der Waals surface area contributed by atoms with Gasteiger partial charge in [0.1, 0.15) is 17.6 Å². The minimum absolute atomic E-state index is 0.0281. The lowest BCUT2D eigenvalue weighted by atomic mass is 9.91. The smallest absolute Gasteiger partial charge is 0.219 e. The minimum Gasteiger partial charge on any atom is -0.497 e. The maximum absolute atomic E-state index is 14.7. The quantitative estimate of drug-likeness (QED) is 0.704. The molecule has 0 radical (unpaired) electrons. The molecule has 0 N–H and O–H groups in total. The molecular formula is C25H31FN2O4. The Labute approximate surface area is 188 Å². The molecule has 7 heteroatoms. The Kier molecular flexibility index (Phi) is 6.84. The number of ether oxygens (including phenoxy) is 3. The first-order chi connectivity index (χ1) is 15.5. The number of likely N-dealkylation sites (tertiary alicyclic amines) is 1. The summed E-state index contributed by atoms with van der Waals surface area (Å²) in [7, 11) is 3.11. The second-order valence-electron chi connectivity index (χ2n) is 8.60. The maximum Gasteiger partial charge on any atom is 0.219 e. The zero-order chi connectivity index (χ0) is 22.7. The fraction of sp³-hybridized carbons (Fsp3) is 0.480. The minimum atomic E-state index is -0.298. The SMILES string of the molecule is COc1ccc2c(c1)CN(C(C)=O)C[C@@H]([C@@H]1CCCN(Cc3cccc(OC)c3F)C1)O2. The Balaban J connectivity index is 1.52. The van der Waals surface area contributed by atoms with Crippen molar-refractivity contribution in [2.24, 2.45) is 5.92 Å². The number of amides is 1. The zero-order valence-corrected chi connectivity index (χ0v) is 19.0. The molecule has 0 spiro atoms. The van der Waals surface area contributed by atoms with Gasteiger partial charge in [0, 0.05) is 43.6 Å². The van der Waals surface area contributed by atoms with E-state index >= 15 is 0 Å². The molecule has 0 saturated carbocycles. The number of hydrogen-bond donors (Lipinski definition) is 0. The summed E-state index contributed by atoms with van der Waals surface area (Å²) in [6, 6.07) is 11.0. The summed E-state index contributed by atoms with van der Waals surface area (Å²) in [5.74, 6) is 1.79. The van der Waals surface area contributed by atoms with Gasteiger partial charge in [-0.15, -0.1) is 0 Å². The molecule has 2 heterocycles. The third kappa shape index (κ3) is 4.83. The van der Waals surface area contributed by atoms with Crippen molar-refractivity contribution >= 4 is 5.91 Å². The van der Waals surface area contributed by atoms with Crippen molar-refractivity contribution in [1.82, 2.24) is 9.80 Å². The highest BCUT2D eigenvalue weighted by molar-refractivity contribution is 5.73. The standard InChI is InChI=1S/C25H31FN2O4/c1-17(29)28-15-20-12-21(30-2)9-10-22(20)32-24(16-28)18-7-5-11-27(13-18)14-19-6-4-8-23(31-3)25(19)26/h4,6,8-10,12,18,24H,5,7,11,13-16H2,1-3H3/t18-,24+/m1/s1. The van der Waals surface area contributed by atoms with Gasteiger partial charge in [0.25, 0.3) is 0 Å². The average Bonchev–Trinajstić information content (AvgIpc) is 3.00. The summed E-state index contributed by atoms with van der Waals surface area (Å²) in [5.41, 5.74) is 1.59. The molecule has 4 rings (SSSR count). The Morgan fingerprint density at radius 1 is 1.19 bits per heavy atom. The van der Waals surface area contributed by atoms with E-state index in [-0.39, 0.29) is 29.5 Å². The molecule has 2 aromatic rings. The summed E-state index contributed by atoms with van der Waals surface area (Å²) >= 11 is 0. The van der Waals surface area contributed by atoms with Gasteiger partial charge in [0.05, 0.1) is 20.8 Å². The van der Waals surface area contributed by atoms with Gasteiger partial charge in [-0.1, -0.05) is 12.1 Å². The fourth-order valence-corrected chi connectivity index (χ4v) is 4.71. The van der Waals surface area contributed by atoms with Gasteiger partial charge in [-0.25, -0.2) is 4.39 Å². The topological polar surface area (TPSA) is 51.2 Å². The highest BCUT2D eigenvalue weighted by atomic mass is 19.1. The van der Waals surface area contributed by atoms with Gasteiger partial charge in [-0.2, -0.15) is 0 Å². The Morgan fingerprint density at radius 2 is 2.03 bits per heavy atom. The van der Waals surface area contributed by atoms with Gasteiger partial charge in [-0.3, -0.25) is 9.69 Å². The van der Waals surface area contributed by atoms with Crippen LogP contribution in [0.4, 0.5) is 4.39 Å². The van der Waals surface area contributed by atoms with E-state index in [1.807, 2.05) is 35.2 Å². The number of carbonyl (C=O) groups is 1. The maximum atomic E-state index is 14.7. The fourth-order valence-electron chi connectivity index (χ4n) is 4.71. The van der Waals surface area contributed by atoms with Crippen LogP contribution in [0.5, 0.6) is 17.2 Å². The molecule has 0 unspecified atom stereocenters. The number of halogens is 1. The molecule has 1 amide bonds. The van der Waals surface area contributed by atoms with Crippen molar-refractivity contribution in [3.63, 3.8) is 0 Å². The number of fused-ring (bicyclic) bond motifs is 1. The van der Waals surface area contributed by atoms with E-state index in [1.165, 1.54) is 7.11 Å². The van der Waals surface area contributed by atoms with Crippen LogP contribution in [0.25, 0.3) is 0 Å². The molecule has 0 aromatic heterocycles. The van der Waals surface area contributed by atoms with E-state index in [1.54, 1.807) is 20.1 Å². The second kappa shape index (κ2) is 9.77. The molecule has 2 aliphatic rings. The first kappa shape index (κ1) is 22.4. The third-order valence-electron chi connectivity index (χ3n) is 6.48. The summed E-state index contributed by atoms with van der Waals surface area (Å²) in [4.78, 5) is 16.4. The molecule has 32 heavy (non-hydrogen) atoms. The van der Waals surface area contributed by atoms with E-state index in [0.29, 0.717) is 25.2 Å². The van der Waals surface area contributed by atoms with Crippen molar-refractivity contribution in [2.45, 2.75) is 39.0 Å². The molecular weight excluding hydrogens is 411 g/mol. The number of nitrogens with zero attached hydrogens (tertiary/aromatic N) is 2. The van der Waals surface area contributed by atoms with Gasteiger partial charge < -0.3 is 19.1 Å². The Morgan fingerprint density at radius 3 is 2.78 bits per heavy atom. The van der Waals surface area contributed by atoms with Crippen LogP contribution in [-0.2, 0) is 17.9 Å². The number of methoxy groups -OCH3 is 2. The zero-order valence-electron chi connectivity index (χ0n) is 19.0. The van der Waals surface area contributed by atoms with Crippen LogP contribution in [0.2, 0.25) is 0 Å². The van der Waals surface area contributed by atoms with Crippen molar-refractivity contribution in [3.05, 3.63) is 53.3 Å². The third-order valence-corrected chi connectivity index (χ3v) is 6.48. The molecule has 0 bridgehead atoms. The Hall–Kier alpha value is -2.80. The Bertz CT molecular complexity index is 967. The van der Waals surface area contributed by atoms with E-state index in [0.717, 1.165) is 43.0 Å². The molecule has 2 atom stereocenters. The summed E-state index contributed by atoms with van der Waals surface area (Å²) < 4.78 is 31.6. The lowest BCUT2D eigenvalue weighted by Gasteiger charge is -2.37. The highest BCUT2D eigenvalue weighted by Gasteiger charge is 2.34. The largest absolute Gasteiger partial charge is 0.497 e. The number of piperidine rings is 1. The molecule has 6 nitrogen and oxygen atoms in total. The average molecular weight is 443 g/mol. The first-order valence-corrected chi connectivity index (χ1v) is 11.1. The molecule has 1 fully saturated rings. The number of carbonyl (C=O) groups excluding carboxylic acids is 1. The molecule has 2 aliphatic heterocycles. The van der Waals surface area contributed by atoms with E-state index in [2.05, 4.69) is 4.90 Å². The van der Waals surface area contributed by atoms with Crippen LogP contribution < -0.4 is 14.2 Å². The monoisotopic (exact) mass is 442 g/mol.